The van der Waals surface area contributed by atoms with Gasteiger partial charge in [0.25, 0.3) is 0 Å². The molecule has 2 N–H and O–H groups in total. The molecule has 28 heavy (non-hydrogen) atoms. The van der Waals surface area contributed by atoms with Crippen LogP contribution in [0, 0.1) is 30.7 Å². The summed E-state index contributed by atoms with van der Waals surface area (Å²) in [7, 11) is 0. The quantitative estimate of drug-likeness (QED) is 0.379. The number of aliphatic hydroxyl groups excluding tert-OH is 2. The van der Waals surface area contributed by atoms with E-state index >= 15 is 0 Å². The maximum atomic E-state index is 9.68. The molecule has 157 valence electrons. The maximum absolute atomic E-state index is 9.68. The van der Waals surface area contributed by atoms with Crippen LogP contribution in [0.5, 0.6) is 0 Å². The van der Waals surface area contributed by atoms with Gasteiger partial charge in [0.05, 0.1) is 17.6 Å². The monoisotopic (exact) mass is 562 g/mol. The van der Waals surface area contributed by atoms with Crippen molar-refractivity contribution < 1.29 is 30.3 Å². The average Bonchev–Trinajstić information content (AvgIpc) is 2.54. The van der Waals surface area contributed by atoms with Crippen molar-refractivity contribution in [1.29, 1.82) is 0 Å². The minimum absolute atomic E-state index is 0. The Morgan fingerprint density at radius 2 is 1.71 bits per heavy atom. The summed E-state index contributed by atoms with van der Waals surface area (Å²) >= 11 is 0. The second kappa shape index (κ2) is 10.8. The molecule has 1 unspecified atom stereocenters. The summed E-state index contributed by atoms with van der Waals surface area (Å²) in [6.45, 7) is 15.4. The van der Waals surface area contributed by atoms with Crippen molar-refractivity contribution in [2.75, 3.05) is 0 Å². The largest absolute Gasteiger partial charge is 0.512 e. The van der Waals surface area contributed by atoms with Crippen LogP contribution in [0.4, 0.5) is 0 Å². The molecule has 0 aliphatic rings. The Hall–Kier alpha value is -1.55. The van der Waals surface area contributed by atoms with Crippen LogP contribution in [0.1, 0.15) is 52.9 Å². The number of aromatic nitrogens is 2. The summed E-state index contributed by atoms with van der Waals surface area (Å²) in [5.41, 5.74) is 3.30. The fraction of sp³-hybridized carbons (Fsp3) is 0.478. The van der Waals surface area contributed by atoms with Crippen molar-refractivity contribution in [2.45, 2.75) is 61.5 Å². The second-order valence-corrected chi connectivity index (χ2v) is 8.83. The Morgan fingerprint density at radius 3 is 2.14 bits per heavy atom. The minimum atomic E-state index is -0.605. The molecule has 1 heterocycles. The Bertz CT molecular complexity index is 760. The number of aryl methyl sites for hydroxylation is 2. The van der Waals surface area contributed by atoms with Gasteiger partial charge in [-0.1, -0.05) is 41.5 Å². The van der Waals surface area contributed by atoms with E-state index in [2.05, 4.69) is 16.0 Å². The number of hydrogen-bond acceptors (Lipinski definition) is 4. The van der Waals surface area contributed by atoms with Gasteiger partial charge in [-0.25, -0.2) is 0 Å². The maximum Gasteiger partial charge on any atom is 0.0961 e. The van der Waals surface area contributed by atoms with E-state index in [1.54, 1.807) is 6.20 Å². The van der Waals surface area contributed by atoms with Gasteiger partial charge in [0.2, 0.25) is 0 Å². The van der Waals surface area contributed by atoms with Crippen LogP contribution in [0.15, 0.2) is 42.3 Å². The van der Waals surface area contributed by atoms with E-state index in [0.717, 1.165) is 22.6 Å². The topological polar surface area (TPSA) is 66.2 Å². The normalized spacial score (nSPS) is 13.1. The van der Waals surface area contributed by atoms with E-state index in [9.17, 15) is 10.2 Å². The first-order chi connectivity index (χ1) is 12.3. The smallest absolute Gasteiger partial charge is 0.0961 e. The predicted octanol–water partition coefficient (Wildman–Crippen LogP) is 5.44. The third-order valence-corrected chi connectivity index (χ3v) is 4.00. The summed E-state index contributed by atoms with van der Waals surface area (Å²) < 4.78 is 0. The van der Waals surface area contributed by atoms with Crippen molar-refractivity contribution >= 4 is 0 Å². The fourth-order valence-corrected chi connectivity index (χ4v) is 2.05. The van der Waals surface area contributed by atoms with Gasteiger partial charge in [0.15, 0.2) is 0 Å². The van der Waals surface area contributed by atoms with Crippen molar-refractivity contribution in [3.63, 3.8) is 0 Å². The van der Waals surface area contributed by atoms with Crippen LogP contribution >= 0.6 is 0 Å². The molecule has 1 atom stereocenters. The summed E-state index contributed by atoms with van der Waals surface area (Å²) in [6, 6.07) is 10.9. The van der Waals surface area contributed by atoms with Crippen LogP contribution in [0.2, 0.25) is 0 Å². The molecule has 0 saturated carbocycles. The number of rotatable bonds is 2. The first-order valence-corrected chi connectivity index (χ1v) is 9.19. The van der Waals surface area contributed by atoms with E-state index in [1.165, 1.54) is 6.08 Å². The molecule has 0 aliphatic heterocycles. The summed E-state index contributed by atoms with van der Waals surface area (Å²) in [6.07, 6.45) is 2.70. The molecule has 4 nitrogen and oxygen atoms in total. The van der Waals surface area contributed by atoms with Crippen LogP contribution < -0.4 is 0 Å². The standard InChI is InChI=1S/C12H11N2.C11H22O2.Ir/c1-9-8-13-12(10(2)14-9)11-6-4-3-5-7-11;1-10(2,3)8(12)7-9(13)11(4,5)6;/h3-6,8H,1-2H3;7-8,12-13H,1-6H3;/q-1;;/b;9-7-;. The van der Waals surface area contributed by atoms with Crippen molar-refractivity contribution in [2.24, 2.45) is 10.8 Å². The van der Waals surface area contributed by atoms with Gasteiger partial charge in [0.1, 0.15) is 0 Å². The van der Waals surface area contributed by atoms with Gasteiger partial charge in [-0.2, -0.15) is 0 Å². The van der Waals surface area contributed by atoms with Crippen LogP contribution in [-0.4, -0.2) is 26.3 Å². The van der Waals surface area contributed by atoms with Gasteiger partial charge in [-0.05, 0) is 25.3 Å². The van der Waals surface area contributed by atoms with Gasteiger partial charge in [-0.15, -0.1) is 35.9 Å². The zero-order chi connectivity index (χ0) is 20.8. The Balaban J connectivity index is 0.000000505. The van der Waals surface area contributed by atoms with Crippen molar-refractivity contribution in [1.82, 2.24) is 9.97 Å². The summed E-state index contributed by atoms with van der Waals surface area (Å²) in [5.74, 6) is 0.245. The summed E-state index contributed by atoms with van der Waals surface area (Å²) in [4.78, 5) is 8.72. The zero-order valence-corrected chi connectivity index (χ0v) is 20.6. The van der Waals surface area contributed by atoms with Crippen LogP contribution in [-0.2, 0) is 20.1 Å². The third kappa shape index (κ3) is 8.64. The van der Waals surface area contributed by atoms with Gasteiger partial charge in [-0.3, -0.25) is 4.98 Å². The molecular weight excluding hydrogens is 528 g/mol. The van der Waals surface area contributed by atoms with Crippen LogP contribution in [0.25, 0.3) is 11.3 Å². The molecule has 0 amide bonds. The van der Waals surface area contributed by atoms with E-state index in [4.69, 9.17) is 0 Å². The van der Waals surface area contributed by atoms with Crippen molar-refractivity contribution in [3.8, 4) is 11.3 Å². The van der Waals surface area contributed by atoms with E-state index < -0.39 is 6.10 Å². The van der Waals surface area contributed by atoms with E-state index in [-0.39, 0.29) is 36.7 Å². The second-order valence-electron chi connectivity index (χ2n) is 8.83. The van der Waals surface area contributed by atoms with Crippen molar-refractivity contribution in [3.05, 3.63) is 59.8 Å². The average molecular weight is 562 g/mol. The molecule has 2 rings (SSSR count). The van der Waals surface area contributed by atoms with E-state index in [0.29, 0.717) is 0 Å². The molecule has 1 aromatic heterocycles. The molecule has 2 aromatic rings. The number of aliphatic hydroxyl groups is 2. The number of allylic oxidation sites excluding steroid dienone is 1. The molecule has 0 spiro atoms. The predicted molar refractivity (Wildman–Crippen MR) is 111 cm³/mol. The molecular formula is C23H33IrN2O2-. The fourth-order valence-electron chi connectivity index (χ4n) is 2.05. The first kappa shape index (κ1) is 26.4. The van der Waals surface area contributed by atoms with Gasteiger partial charge in [0, 0.05) is 43.1 Å². The first-order valence-electron chi connectivity index (χ1n) is 9.19. The Kier molecular flexibility index (Phi) is 10.2. The molecule has 5 heteroatoms. The molecule has 1 radical (unpaired) electrons. The summed E-state index contributed by atoms with van der Waals surface area (Å²) in [5, 5.41) is 19.3. The molecule has 0 fully saturated rings. The number of hydrogen-bond donors (Lipinski definition) is 2. The number of nitrogens with zero attached hydrogens (tertiary/aromatic N) is 2. The SMILES string of the molecule is CC(C)(C)/C(O)=C/C(O)C(C)(C)C.Cc1cnc(-c2[c-]cccc2)c(C)n1.[Ir]. The molecule has 0 saturated heterocycles. The van der Waals surface area contributed by atoms with Gasteiger partial charge < -0.3 is 15.2 Å². The van der Waals surface area contributed by atoms with Crippen LogP contribution in [0.3, 0.4) is 0 Å². The van der Waals surface area contributed by atoms with E-state index in [1.807, 2.05) is 79.7 Å². The molecule has 0 aliphatic carbocycles. The number of benzene rings is 1. The Morgan fingerprint density at radius 1 is 1.11 bits per heavy atom. The Labute approximate surface area is 183 Å². The zero-order valence-electron chi connectivity index (χ0n) is 18.2. The van der Waals surface area contributed by atoms with Gasteiger partial charge >= 0.3 is 0 Å². The molecule has 1 aromatic carbocycles. The molecule has 0 bridgehead atoms. The third-order valence-electron chi connectivity index (χ3n) is 4.00. The minimum Gasteiger partial charge on any atom is -0.512 e.